The van der Waals surface area contributed by atoms with E-state index < -0.39 is 0 Å². The highest BCUT2D eigenvalue weighted by atomic mass is 32.2. The second-order valence-electron chi connectivity index (χ2n) is 2.20. The molecular formula is C6H11NO2S2. The molecule has 3 nitrogen and oxygen atoms in total. The van der Waals surface area contributed by atoms with E-state index in [-0.39, 0.29) is 17.2 Å². The summed E-state index contributed by atoms with van der Waals surface area (Å²) < 4.78 is 4.95. The smallest absolute Gasteiger partial charge is 0.250 e. The van der Waals surface area contributed by atoms with Gasteiger partial charge in [0.1, 0.15) is 11.3 Å². The molecule has 64 valence electrons. The average Bonchev–Trinajstić information content (AvgIpc) is 2.04. The molecule has 1 amide bonds. The van der Waals surface area contributed by atoms with E-state index >= 15 is 0 Å². The zero-order chi connectivity index (χ0) is 8.27. The maximum Gasteiger partial charge on any atom is 0.250 e. The minimum absolute atomic E-state index is 0.0219. The van der Waals surface area contributed by atoms with Gasteiger partial charge in [0.15, 0.2) is 0 Å². The Morgan fingerprint density at radius 1 is 1.82 bits per heavy atom. The number of hydrogen-bond donors (Lipinski definition) is 1. The van der Waals surface area contributed by atoms with Crippen molar-refractivity contribution in [2.24, 2.45) is 0 Å². The van der Waals surface area contributed by atoms with Crippen molar-refractivity contribution in [3.8, 4) is 0 Å². The van der Waals surface area contributed by atoms with Gasteiger partial charge >= 0.3 is 0 Å². The van der Waals surface area contributed by atoms with E-state index in [4.69, 9.17) is 4.74 Å². The second kappa shape index (κ2) is 4.23. The van der Waals surface area contributed by atoms with E-state index in [2.05, 4.69) is 12.6 Å². The van der Waals surface area contributed by atoms with Gasteiger partial charge in [-0.25, -0.2) is 0 Å². The number of nitrogens with zero attached hydrogens (tertiary/aromatic N) is 1. The highest BCUT2D eigenvalue weighted by molar-refractivity contribution is 8.09. The Hall–Kier alpha value is 0.130. The number of ether oxygens (including phenoxy) is 1. The fourth-order valence-electron chi connectivity index (χ4n) is 0.891. The van der Waals surface area contributed by atoms with Crippen LogP contribution in [0.5, 0.6) is 0 Å². The number of rotatable bonds is 2. The number of thioether (sulfide) groups is 1. The van der Waals surface area contributed by atoms with Crippen LogP contribution in [0.1, 0.15) is 0 Å². The Kier molecular flexibility index (Phi) is 3.54. The van der Waals surface area contributed by atoms with E-state index in [1.165, 1.54) is 0 Å². The predicted molar refractivity (Wildman–Crippen MR) is 48.8 cm³/mol. The highest BCUT2D eigenvalue weighted by Gasteiger charge is 2.23. The van der Waals surface area contributed by atoms with E-state index in [1.807, 2.05) is 6.26 Å². The van der Waals surface area contributed by atoms with Crippen molar-refractivity contribution in [1.82, 2.24) is 4.90 Å². The lowest BCUT2D eigenvalue weighted by atomic mass is 10.4. The maximum atomic E-state index is 11.1. The van der Waals surface area contributed by atoms with E-state index in [1.54, 1.807) is 16.7 Å². The van der Waals surface area contributed by atoms with Crippen LogP contribution in [-0.4, -0.2) is 41.5 Å². The van der Waals surface area contributed by atoms with Gasteiger partial charge in [-0.15, -0.1) is 24.4 Å². The van der Waals surface area contributed by atoms with E-state index in [9.17, 15) is 4.79 Å². The number of amides is 1. The number of carbonyl (C=O) groups excluding carboxylic acids is 1. The molecule has 1 aliphatic heterocycles. The van der Waals surface area contributed by atoms with Gasteiger partial charge in [0.2, 0.25) is 5.91 Å². The van der Waals surface area contributed by atoms with Crippen LogP contribution in [0.4, 0.5) is 0 Å². The quantitative estimate of drug-likeness (QED) is 0.509. The standard InChI is InChI=1S/C6H11NO2S2/c1-11-6(10)7-2-3-9-4-5(7)8/h6,10H,2-4H2,1H3. The summed E-state index contributed by atoms with van der Waals surface area (Å²) in [4.78, 5) is 12.9. The molecule has 0 aromatic rings. The molecule has 1 atom stereocenters. The van der Waals surface area contributed by atoms with Crippen molar-refractivity contribution in [1.29, 1.82) is 0 Å². The molecule has 0 aromatic heterocycles. The third-order valence-corrected chi connectivity index (χ3v) is 3.09. The molecule has 0 radical (unpaired) electrons. The van der Waals surface area contributed by atoms with Crippen molar-refractivity contribution in [3.05, 3.63) is 0 Å². The summed E-state index contributed by atoms with van der Waals surface area (Å²) in [5.41, 5.74) is 0. The van der Waals surface area contributed by atoms with Crippen LogP contribution < -0.4 is 0 Å². The molecule has 1 heterocycles. The summed E-state index contributed by atoms with van der Waals surface area (Å²) in [6.07, 6.45) is 1.93. The van der Waals surface area contributed by atoms with Crippen LogP contribution in [0.25, 0.3) is 0 Å². The first-order chi connectivity index (χ1) is 5.25. The maximum absolute atomic E-state index is 11.1. The van der Waals surface area contributed by atoms with Gasteiger partial charge in [-0.1, -0.05) is 0 Å². The molecular weight excluding hydrogens is 182 g/mol. The lowest BCUT2D eigenvalue weighted by Crippen LogP contribution is -2.44. The van der Waals surface area contributed by atoms with Crippen molar-refractivity contribution in [3.63, 3.8) is 0 Å². The molecule has 0 aromatic carbocycles. The van der Waals surface area contributed by atoms with Gasteiger partial charge in [-0.2, -0.15) is 0 Å². The molecule has 5 heteroatoms. The van der Waals surface area contributed by atoms with Crippen LogP contribution in [0.2, 0.25) is 0 Å². The second-order valence-corrected chi connectivity index (χ2v) is 3.96. The third-order valence-electron chi connectivity index (χ3n) is 1.50. The fourth-order valence-corrected chi connectivity index (χ4v) is 1.61. The Morgan fingerprint density at radius 3 is 3.09 bits per heavy atom. The molecule has 1 fully saturated rings. The zero-order valence-electron chi connectivity index (χ0n) is 6.32. The average molecular weight is 193 g/mol. The molecule has 1 saturated heterocycles. The zero-order valence-corrected chi connectivity index (χ0v) is 8.03. The van der Waals surface area contributed by atoms with Crippen LogP contribution in [-0.2, 0) is 9.53 Å². The lowest BCUT2D eigenvalue weighted by Gasteiger charge is -2.30. The summed E-state index contributed by atoms with van der Waals surface area (Å²) in [6, 6.07) is 0. The van der Waals surface area contributed by atoms with Gasteiger partial charge in [0.25, 0.3) is 0 Å². The number of hydrogen-bond acceptors (Lipinski definition) is 4. The van der Waals surface area contributed by atoms with Crippen molar-refractivity contribution in [2.45, 2.75) is 4.71 Å². The molecule has 0 spiro atoms. The SMILES string of the molecule is CSC(S)N1CCOCC1=O. The van der Waals surface area contributed by atoms with Crippen molar-refractivity contribution in [2.75, 3.05) is 26.0 Å². The highest BCUT2D eigenvalue weighted by Crippen LogP contribution is 2.17. The van der Waals surface area contributed by atoms with Crippen LogP contribution in [0.15, 0.2) is 0 Å². The Balaban J connectivity index is 2.47. The van der Waals surface area contributed by atoms with Gasteiger partial charge < -0.3 is 9.64 Å². The Bertz CT molecular complexity index is 154. The molecule has 1 aliphatic rings. The molecule has 11 heavy (non-hydrogen) atoms. The molecule has 1 rings (SSSR count). The van der Waals surface area contributed by atoms with Gasteiger partial charge in [0.05, 0.1) is 6.61 Å². The van der Waals surface area contributed by atoms with Crippen LogP contribution in [0, 0.1) is 0 Å². The topological polar surface area (TPSA) is 29.5 Å². The van der Waals surface area contributed by atoms with Crippen LogP contribution >= 0.6 is 24.4 Å². The summed E-state index contributed by atoms with van der Waals surface area (Å²) >= 11 is 5.79. The van der Waals surface area contributed by atoms with E-state index in [0.29, 0.717) is 13.2 Å². The molecule has 0 bridgehead atoms. The minimum atomic E-state index is -0.0219. The number of carbonyl (C=O) groups is 1. The number of morpholine rings is 1. The summed E-state index contributed by atoms with van der Waals surface area (Å²) in [5.74, 6) is 0.0330. The number of thiol groups is 1. The molecule has 0 N–H and O–H groups in total. The van der Waals surface area contributed by atoms with Crippen LogP contribution in [0.3, 0.4) is 0 Å². The monoisotopic (exact) mass is 193 g/mol. The van der Waals surface area contributed by atoms with Gasteiger partial charge in [0, 0.05) is 6.54 Å². The predicted octanol–water partition coefficient (Wildman–Crippen LogP) is 0.422. The van der Waals surface area contributed by atoms with Gasteiger partial charge in [-0.05, 0) is 6.26 Å². The minimum Gasteiger partial charge on any atom is -0.370 e. The summed E-state index contributed by atoms with van der Waals surface area (Å²) in [5, 5.41) is 0. The third kappa shape index (κ3) is 2.28. The van der Waals surface area contributed by atoms with Crippen molar-refractivity contribution < 1.29 is 9.53 Å². The Labute approximate surface area is 75.9 Å². The molecule has 0 saturated carbocycles. The fraction of sp³-hybridized carbons (Fsp3) is 0.833. The largest absolute Gasteiger partial charge is 0.370 e. The first-order valence-electron chi connectivity index (χ1n) is 3.34. The first kappa shape index (κ1) is 9.22. The molecule has 1 unspecified atom stereocenters. The van der Waals surface area contributed by atoms with Gasteiger partial charge in [-0.3, -0.25) is 4.79 Å². The summed E-state index contributed by atoms with van der Waals surface area (Å²) in [6.45, 7) is 1.49. The van der Waals surface area contributed by atoms with E-state index in [0.717, 1.165) is 0 Å². The lowest BCUT2D eigenvalue weighted by molar-refractivity contribution is -0.141. The van der Waals surface area contributed by atoms with Crippen molar-refractivity contribution >= 4 is 30.3 Å². The normalized spacial score (nSPS) is 22.0. The Morgan fingerprint density at radius 2 is 2.55 bits per heavy atom. The molecule has 0 aliphatic carbocycles. The first-order valence-corrected chi connectivity index (χ1v) is 5.14. The summed E-state index contributed by atoms with van der Waals surface area (Å²) in [7, 11) is 0.